The summed E-state index contributed by atoms with van der Waals surface area (Å²) in [7, 11) is 0. The zero-order valence-corrected chi connectivity index (χ0v) is 15.6. The van der Waals surface area contributed by atoms with Gasteiger partial charge in [-0.05, 0) is 88.2 Å². The molecule has 1 heterocycles. The molecule has 0 aliphatic heterocycles. The number of hydrogen-bond acceptors (Lipinski definition) is 2. The number of fused-ring (bicyclic) bond motifs is 5. The van der Waals surface area contributed by atoms with E-state index in [1.807, 2.05) is 6.07 Å². The van der Waals surface area contributed by atoms with Gasteiger partial charge in [-0.2, -0.15) is 0 Å². The molecule has 0 atom stereocenters. The molecule has 0 saturated heterocycles. The Labute approximate surface area is 162 Å². The molecule has 3 heteroatoms. The molecule has 2 nitrogen and oxygen atoms in total. The Hall–Kier alpha value is -2.71. The predicted molar refractivity (Wildman–Crippen MR) is 112 cm³/mol. The number of pyridine rings is 1. The predicted octanol–water partition coefficient (Wildman–Crippen LogP) is 6.31. The van der Waals surface area contributed by atoms with E-state index in [9.17, 15) is 4.79 Å². The van der Waals surface area contributed by atoms with E-state index in [0.29, 0.717) is 11.3 Å². The fraction of sp³-hybridized carbons (Fsp3) is 0.167. The molecule has 1 aliphatic carbocycles. The highest BCUT2D eigenvalue weighted by molar-refractivity contribution is 6.68. The largest absolute Gasteiger partial charge is 0.276 e. The number of hydrogen-bond donors (Lipinski definition) is 0. The third-order valence-electron chi connectivity index (χ3n) is 5.65. The maximum absolute atomic E-state index is 12.0. The maximum atomic E-state index is 12.0. The van der Waals surface area contributed by atoms with Gasteiger partial charge in [0.25, 0.3) is 5.24 Å². The molecule has 0 bridgehead atoms. The molecule has 0 saturated carbocycles. The number of rotatable bonds is 2. The van der Waals surface area contributed by atoms with Crippen LogP contribution in [0.3, 0.4) is 0 Å². The lowest BCUT2D eigenvalue weighted by Gasteiger charge is -2.20. The number of halogens is 1. The van der Waals surface area contributed by atoms with Gasteiger partial charge in [-0.3, -0.25) is 9.78 Å². The minimum atomic E-state index is -0.475. The van der Waals surface area contributed by atoms with Crippen LogP contribution >= 0.6 is 11.6 Å². The van der Waals surface area contributed by atoms with E-state index in [-0.39, 0.29) is 0 Å². The van der Waals surface area contributed by atoms with Crippen LogP contribution in [0.1, 0.15) is 34.3 Å². The van der Waals surface area contributed by atoms with E-state index in [2.05, 4.69) is 41.4 Å². The summed E-state index contributed by atoms with van der Waals surface area (Å²) >= 11 is 5.86. The molecule has 0 spiro atoms. The smallest absolute Gasteiger partial charge is 0.254 e. The standard InChI is InChI=1S/C24H18ClNO/c25-24(27)20-10-5-13-26-23(20)22-14-21-16-7-2-1-6-15(16)11-12-19(21)17-8-3-4-9-18(17)22/h3-5,8-14H,1-2,6-7H2. The average molecular weight is 372 g/mol. The second-order valence-corrected chi connectivity index (χ2v) is 7.49. The molecular weight excluding hydrogens is 354 g/mol. The van der Waals surface area contributed by atoms with Gasteiger partial charge in [0, 0.05) is 11.8 Å². The van der Waals surface area contributed by atoms with E-state index < -0.39 is 5.24 Å². The van der Waals surface area contributed by atoms with Crippen molar-refractivity contribution in [3.8, 4) is 11.3 Å². The van der Waals surface area contributed by atoms with Crippen molar-refractivity contribution >= 4 is 38.4 Å². The highest BCUT2D eigenvalue weighted by Gasteiger charge is 2.19. The Kier molecular flexibility index (Phi) is 3.95. The second-order valence-electron chi connectivity index (χ2n) is 7.15. The number of carbonyl (C=O) groups excluding carboxylic acids is 1. The van der Waals surface area contributed by atoms with Crippen LogP contribution in [0.15, 0.2) is 60.8 Å². The van der Waals surface area contributed by atoms with Crippen LogP contribution < -0.4 is 0 Å². The first kappa shape index (κ1) is 16.5. The molecule has 5 rings (SSSR count). The monoisotopic (exact) mass is 371 g/mol. The Balaban J connectivity index is 1.93. The average Bonchev–Trinajstić information content (AvgIpc) is 2.73. The summed E-state index contributed by atoms with van der Waals surface area (Å²) in [4.78, 5) is 16.5. The first-order valence-electron chi connectivity index (χ1n) is 9.35. The highest BCUT2D eigenvalue weighted by atomic mass is 35.5. The Morgan fingerprint density at radius 3 is 2.48 bits per heavy atom. The lowest BCUT2D eigenvalue weighted by molar-refractivity contribution is 0.108. The summed E-state index contributed by atoms with van der Waals surface area (Å²) in [6.45, 7) is 0. The number of aryl methyl sites for hydroxylation is 2. The van der Waals surface area contributed by atoms with Crippen molar-refractivity contribution in [1.82, 2.24) is 4.98 Å². The molecule has 0 N–H and O–H groups in total. The van der Waals surface area contributed by atoms with Gasteiger partial charge in [0.05, 0.1) is 11.3 Å². The van der Waals surface area contributed by atoms with Crippen molar-refractivity contribution < 1.29 is 4.79 Å². The molecule has 0 amide bonds. The van der Waals surface area contributed by atoms with E-state index in [1.165, 1.54) is 40.1 Å². The summed E-state index contributed by atoms with van der Waals surface area (Å²) < 4.78 is 0. The number of nitrogens with zero attached hydrogens (tertiary/aromatic N) is 1. The van der Waals surface area contributed by atoms with Gasteiger partial charge in [-0.25, -0.2) is 0 Å². The third-order valence-corrected chi connectivity index (χ3v) is 5.85. The lowest BCUT2D eigenvalue weighted by atomic mass is 9.85. The lowest BCUT2D eigenvalue weighted by Crippen LogP contribution is -2.04. The molecule has 4 aromatic rings. The van der Waals surface area contributed by atoms with Crippen molar-refractivity contribution in [2.45, 2.75) is 25.7 Å². The van der Waals surface area contributed by atoms with Crippen LogP contribution in [0.2, 0.25) is 0 Å². The molecule has 3 aromatic carbocycles. The molecule has 0 fully saturated rings. The Morgan fingerprint density at radius 1 is 0.852 bits per heavy atom. The number of aromatic nitrogens is 1. The Bertz CT molecular complexity index is 1210. The van der Waals surface area contributed by atoms with Crippen molar-refractivity contribution in [3.05, 3.63) is 77.5 Å². The van der Waals surface area contributed by atoms with E-state index in [4.69, 9.17) is 11.6 Å². The molecule has 1 aromatic heterocycles. The van der Waals surface area contributed by atoms with Gasteiger partial charge in [0.15, 0.2) is 0 Å². The van der Waals surface area contributed by atoms with Crippen LogP contribution in [0.25, 0.3) is 32.8 Å². The van der Waals surface area contributed by atoms with Crippen LogP contribution in [0.5, 0.6) is 0 Å². The summed E-state index contributed by atoms with van der Waals surface area (Å²) in [6, 6.07) is 18.6. The zero-order valence-electron chi connectivity index (χ0n) is 14.8. The maximum Gasteiger partial charge on any atom is 0.254 e. The Morgan fingerprint density at radius 2 is 1.63 bits per heavy atom. The highest BCUT2D eigenvalue weighted by Crippen LogP contribution is 2.39. The fourth-order valence-electron chi connectivity index (χ4n) is 4.41. The van der Waals surface area contributed by atoms with Crippen LogP contribution in [0, 0.1) is 0 Å². The minimum Gasteiger partial charge on any atom is -0.276 e. The summed E-state index contributed by atoms with van der Waals surface area (Å²) in [5.74, 6) is 0. The normalized spacial score (nSPS) is 13.7. The molecule has 1 aliphatic rings. The van der Waals surface area contributed by atoms with Gasteiger partial charge < -0.3 is 0 Å². The SMILES string of the molecule is O=C(Cl)c1cccnc1-c1cc2c3c(ccc2c2ccccc12)CCCC3. The second kappa shape index (κ2) is 6.47. The van der Waals surface area contributed by atoms with Crippen molar-refractivity contribution in [3.63, 3.8) is 0 Å². The summed E-state index contributed by atoms with van der Waals surface area (Å²) in [6.07, 6.45) is 6.45. The van der Waals surface area contributed by atoms with Crippen molar-refractivity contribution in [2.75, 3.05) is 0 Å². The number of carbonyl (C=O) groups is 1. The van der Waals surface area contributed by atoms with Crippen molar-refractivity contribution in [1.29, 1.82) is 0 Å². The minimum absolute atomic E-state index is 0.452. The summed E-state index contributed by atoms with van der Waals surface area (Å²) in [5, 5.41) is 4.36. The molecule has 27 heavy (non-hydrogen) atoms. The topological polar surface area (TPSA) is 30.0 Å². The summed E-state index contributed by atoms with van der Waals surface area (Å²) in [5.41, 5.74) is 4.98. The molecule has 0 radical (unpaired) electrons. The molecular formula is C24H18ClNO. The van der Waals surface area contributed by atoms with Gasteiger partial charge >= 0.3 is 0 Å². The first-order chi connectivity index (χ1) is 13.2. The third kappa shape index (κ3) is 2.64. The quantitative estimate of drug-likeness (QED) is 0.305. The van der Waals surface area contributed by atoms with Crippen LogP contribution in [0.4, 0.5) is 0 Å². The van der Waals surface area contributed by atoms with Gasteiger partial charge in [-0.1, -0.05) is 36.4 Å². The number of benzene rings is 3. The van der Waals surface area contributed by atoms with E-state index in [0.717, 1.165) is 23.8 Å². The van der Waals surface area contributed by atoms with Gasteiger partial charge in [-0.15, -0.1) is 0 Å². The van der Waals surface area contributed by atoms with Crippen molar-refractivity contribution in [2.24, 2.45) is 0 Å². The fourth-order valence-corrected chi connectivity index (χ4v) is 4.56. The molecule has 0 unspecified atom stereocenters. The zero-order chi connectivity index (χ0) is 18.4. The first-order valence-corrected chi connectivity index (χ1v) is 9.73. The van der Waals surface area contributed by atoms with Gasteiger partial charge in [0.1, 0.15) is 0 Å². The van der Waals surface area contributed by atoms with Crippen LogP contribution in [-0.4, -0.2) is 10.2 Å². The van der Waals surface area contributed by atoms with Gasteiger partial charge in [0.2, 0.25) is 0 Å². The van der Waals surface area contributed by atoms with E-state index >= 15 is 0 Å². The van der Waals surface area contributed by atoms with E-state index in [1.54, 1.807) is 18.3 Å². The van der Waals surface area contributed by atoms with Crippen LogP contribution in [-0.2, 0) is 12.8 Å². The molecule has 132 valence electrons.